The number of nitrogens with zero attached hydrogens (tertiary/aromatic N) is 1. The van der Waals surface area contributed by atoms with Crippen LogP contribution in [0.25, 0.3) is 0 Å². The highest BCUT2D eigenvalue weighted by atomic mass is 35.5. The minimum Gasteiger partial charge on any atom is -0.478 e. The third-order valence-electron chi connectivity index (χ3n) is 5.36. The normalized spacial score (nSPS) is 32.7. The standard InChI is InChI=1S/C16H14ClNO4/c17-10-4-3-9(16(21)22)6-11(10)18-14(19)12-7-1-2-8(5-7)13(12)15(18)20/h3-4,6-8,12-13H,1-2,5H2,(H,21,22)/t7-,8+,12-,13-/m0/s1. The molecule has 1 saturated heterocycles. The van der Waals surface area contributed by atoms with Gasteiger partial charge in [-0.15, -0.1) is 0 Å². The Labute approximate surface area is 131 Å². The first kappa shape index (κ1) is 13.8. The summed E-state index contributed by atoms with van der Waals surface area (Å²) in [4.78, 5) is 37.7. The smallest absolute Gasteiger partial charge is 0.335 e. The zero-order chi connectivity index (χ0) is 15.6. The van der Waals surface area contributed by atoms with E-state index in [1.165, 1.54) is 18.2 Å². The second-order valence-electron chi connectivity index (χ2n) is 6.37. The predicted molar refractivity (Wildman–Crippen MR) is 78.7 cm³/mol. The number of carbonyl (C=O) groups is 3. The molecular formula is C16H14ClNO4. The van der Waals surface area contributed by atoms with Crippen molar-refractivity contribution < 1.29 is 19.5 Å². The summed E-state index contributed by atoms with van der Waals surface area (Å²) < 4.78 is 0. The third-order valence-corrected chi connectivity index (χ3v) is 5.68. The van der Waals surface area contributed by atoms with E-state index in [0.29, 0.717) is 0 Å². The van der Waals surface area contributed by atoms with Gasteiger partial charge in [0.1, 0.15) is 0 Å². The predicted octanol–water partition coefficient (Wildman–Crippen LogP) is 2.57. The number of carboxylic acids is 1. The van der Waals surface area contributed by atoms with Crippen LogP contribution in [0, 0.1) is 23.7 Å². The Morgan fingerprint density at radius 3 is 2.27 bits per heavy atom. The number of amides is 2. The van der Waals surface area contributed by atoms with Crippen molar-refractivity contribution >= 4 is 35.1 Å². The minimum atomic E-state index is -1.11. The molecule has 6 heteroatoms. The summed E-state index contributed by atoms with van der Waals surface area (Å²) in [6.45, 7) is 0. The van der Waals surface area contributed by atoms with Gasteiger partial charge in [-0.3, -0.25) is 9.59 Å². The van der Waals surface area contributed by atoms with Crippen molar-refractivity contribution in [3.8, 4) is 0 Å². The molecule has 5 nitrogen and oxygen atoms in total. The van der Waals surface area contributed by atoms with E-state index in [2.05, 4.69) is 0 Å². The largest absolute Gasteiger partial charge is 0.478 e. The maximum absolute atomic E-state index is 12.7. The number of hydrogen-bond donors (Lipinski definition) is 1. The summed E-state index contributed by atoms with van der Waals surface area (Å²) in [6.07, 6.45) is 2.97. The van der Waals surface area contributed by atoms with Gasteiger partial charge in [-0.2, -0.15) is 0 Å². The molecule has 0 spiro atoms. The van der Waals surface area contributed by atoms with Crippen LogP contribution in [0.1, 0.15) is 29.6 Å². The highest BCUT2D eigenvalue weighted by Crippen LogP contribution is 2.56. The van der Waals surface area contributed by atoms with Crippen LogP contribution >= 0.6 is 11.6 Å². The monoisotopic (exact) mass is 319 g/mol. The van der Waals surface area contributed by atoms with Gasteiger partial charge >= 0.3 is 5.97 Å². The van der Waals surface area contributed by atoms with Crippen molar-refractivity contribution in [1.29, 1.82) is 0 Å². The zero-order valence-corrected chi connectivity index (χ0v) is 12.4. The molecule has 0 aromatic heterocycles. The minimum absolute atomic E-state index is 0.0139. The topological polar surface area (TPSA) is 74.7 Å². The molecule has 1 heterocycles. The molecule has 1 N–H and O–H groups in total. The van der Waals surface area contributed by atoms with E-state index in [4.69, 9.17) is 16.7 Å². The number of benzene rings is 1. The number of anilines is 1. The van der Waals surface area contributed by atoms with Gasteiger partial charge < -0.3 is 5.11 Å². The fourth-order valence-corrected chi connectivity index (χ4v) is 4.67. The molecule has 2 amide bonds. The number of carboxylic acid groups (broad SMARTS) is 1. The Hall–Kier alpha value is -1.88. The van der Waals surface area contributed by atoms with Gasteiger partial charge in [0.25, 0.3) is 0 Å². The van der Waals surface area contributed by atoms with Gasteiger partial charge in [0.2, 0.25) is 11.8 Å². The fraction of sp³-hybridized carbons (Fsp3) is 0.438. The van der Waals surface area contributed by atoms with Crippen LogP contribution in [0.5, 0.6) is 0 Å². The summed E-state index contributed by atoms with van der Waals surface area (Å²) >= 11 is 6.12. The molecule has 4 rings (SSSR count). The summed E-state index contributed by atoms with van der Waals surface area (Å²) in [7, 11) is 0. The molecule has 2 aliphatic carbocycles. The quantitative estimate of drug-likeness (QED) is 0.850. The maximum Gasteiger partial charge on any atom is 0.335 e. The second-order valence-corrected chi connectivity index (χ2v) is 6.78. The lowest BCUT2D eigenvalue weighted by Gasteiger charge is -2.19. The van der Waals surface area contributed by atoms with Crippen LogP contribution in [0.15, 0.2) is 18.2 Å². The van der Waals surface area contributed by atoms with Gasteiger partial charge in [0, 0.05) is 0 Å². The van der Waals surface area contributed by atoms with Crippen molar-refractivity contribution in [3.05, 3.63) is 28.8 Å². The van der Waals surface area contributed by atoms with Crippen LogP contribution in [0.4, 0.5) is 5.69 Å². The average molecular weight is 320 g/mol. The lowest BCUT2D eigenvalue weighted by Crippen LogP contribution is -2.33. The lowest BCUT2D eigenvalue weighted by molar-refractivity contribution is -0.123. The van der Waals surface area contributed by atoms with Crippen LogP contribution in [-0.2, 0) is 9.59 Å². The summed E-state index contributed by atoms with van der Waals surface area (Å²) in [5.41, 5.74) is 0.213. The third kappa shape index (κ3) is 1.69. The van der Waals surface area contributed by atoms with Gasteiger partial charge in [0.05, 0.1) is 28.1 Å². The molecule has 1 aromatic rings. The van der Waals surface area contributed by atoms with E-state index in [1.807, 2.05) is 0 Å². The molecule has 114 valence electrons. The molecule has 2 bridgehead atoms. The van der Waals surface area contributed by atoms with E-state index in [9.17, 15) is 14.4 Å². The molecule has 3 fully saturated rings. The molecule has 1 aromatic carbocycles. The highest BCUT2D eigenvalue weighted by molar-refractivity contribution is 6.36. The van der Waals surface area contributed by atoms with E-state index >= 15 is 0 Å². The van der Waals surface area contributed by atoms with Crippen molar-refractivity contribution in [2.24, 2.45) is 23.7 Å². The fourth-order valence-electron chi connectivity index (χ4n) is 4.46. The van der Waals surface area contributed by atoms with E-state index in [-0.39, 0.29) is 51.8 Å². The van der Waals surface area contributed by atoms with Crippen LogP contribution in [0.2, 0.25) is 5.02 Å². The molecule has 0 radical (unpaired) electrons. The average Bonchev–Trinajstić information content (AvgIpc) is 3.14. The van der Waals surface area contributed by atoms with Crippen molar-refractivity contribution in [2.75, 3.05) is 4.90 Å². The summed E-state index contributed by atoms with van der Waals surface area (Å²) in [5.74, 6) is -1.45. The molecule has 4 atom stereocenters. The van der Waals surface area contributed by atoms with Crippen molar-refractivity contribution in [1.82, 2.24) is 0 Å². The first-order chi connectivity index (χ1) is 10.5. The SMILES string of the molecule is O=C(O)c1ccc(Cl)c(N2C(=O)[C@H]3[C@@H]4CC[C@@H](C4)[C@@H]3C2=O)c1. The first-order valence-electron chi connectivity index (χ1n) is 7.39. The van der Waals surface area contributed by atoms with Crippen LogP contribution in [-0.4, -0.2) is 22.9 Å². The molecular weight excluding hydrogens is 306 g/mol. The number of carbonyl (C=O) groups excluding carboxylic acids is 2. The second kappa shape index (κ2) is 4.56. The molecule has 22 heavy (non-hydrogen) atoms. The Morgan fingerprint density at radius 2 is 1.73 bits per heavy atom. The highest BCUT2D eigenvalue weighted by Gasteiger charge is 2.61. The molecule has 3 aliphatic rings. The van der Waals surface area contributed by atoms with E-state index < -0.39 is 5.97 Å². The van der Waals surface area contributed by atoms with Gasteiger partial charge in [0.15, 0.2) is 0 Å². The first-order valence-corrected chi connectivity index (χ1v) is 7.77. The summed E-state index contributed by atoms with van der Waals surface area (Å²) in [5, 5.41) is 9.32. The van der Waals surface area contributed by atoms with Gasteiger partial charge in [-0.1, -0.05) is 11.6 Å². The van der Waals surface area contributed by atoms with E-state index in [1.54, 1.807) is 0 Å². The zero-order valence-electron chi connectivity index (χ0n) is 11.7. The summed E-state index contributed by atoms with van der Waals surface area (Å²) in [6, 6.07) is 4.09. The van der Waals surface area contributed by atoms with Gasteiger partial charge in [-0.05, 0) is 49.3 Å². The Kier molecular flexibility index (Phi) is 2.85. The van der Waals surface area contributed by atoms with Crippen LogP contribution in [0.3, 0.4) is 0 Å². The molecule has 1 aliphatic heterocycles. The van der Waals surface area contributed by atoms with Crippen molar-refractivity contribution in [3.63, 3.8) is 0 Å². The van der Waals surface area contributed by atoms with Crippen LogP contribution < -0.4 is 4.90 Å². The number of rotatable bonds is 2. The van der Waals surface area contributed by atoms with Crippen molar-refractivity contribution in [2.45, 2.75) is 19.3 Å². The molecule has 2 saturated carbocycles. The lowest BCUT2D eigenvalue weighted by atomic mass is 9.81. The molecule has 0 unspecified atom stereocenters. The van der Waals surface area contributed by atoms with Gasteiger partial charge in [-0.25, -0.2) is 9.69 Å². The number of imide groups is 1. The number of hydrogen-bond acceptors (Lipinski definition) is 3. The number of aromatic carboxylic acids is 1. The number of halogens is 1. The number of fused-ring (bicyclic) bond motifs is 5. The maximum atomic E-state index is 12.7. The Bertz CT molecular complexity index is 688. The Balaban J connectivity index is 1.78. The van der Waals surface area contributed by atoms with E-state index in [0.717, 1.165) is 24.2 Å². The Morgan fingerprint density at radius 1 is 1.14 bits per heavy atom.